The number of aliphatic hydroxyl groups excluding tert-OH is 1. The minimum atomic E-state index is 0.238. The van der Waals surface area contributed by atoms with Crippen LogP contribution in [0.2, 0.25) is 0 Å². The van der Waals surface area contributed by atoms with E-state index in [0.29, 0.717) is 6.54 Å². The second-order valence-electron chi connectivity index (χ2n) is 3.07. The molecule has 4 nitrogen and oxygen atoms in total. The summed E-state index contributed by atoms with van der Waals surface area (Å²) in [5, 5.41) is 15.0. The molecular weight excluding hydrogens is 154 g/mol. The Morgan fingerprint density at radius 2 is 2.00 bits per heavy atom. The first-order valence-corrected chi connectivity index (χ1v) is 4.68. The lowest BCUT2D eigenvalue weighted by molar-refractivity contribution is 0.235. The molecule has 1 heterocycles. The van der Waals surface area contributed by atoms with Crippen molar-refractivity contribution in [1.82, 2.24) is 15.5 Å². The largest absolute Gasteiger partial charge is 0.395 e. The van der Waals surface area contributed by atoms with Gasteiger partial charge in [0.05, 0.1) is 6.61 Å². The first-order valence-electron chi connectivity index (χ1n) is 4.68. The lowest BCUT2D eigenvalue weighted by atomic mass is 10.3. The maximum Gasteiger partial charge on any atom is 0.0555 e. The Labute approximate surface area is 73.9 Å². The van der Waals surface area contributed by atoms with Gasteiger partial charge in [0, 0.05) is 45.8 Å². The molecule has 3 N–H and O–H groups in total. The summed E-state index contributed by atoms with van der Waals surface area (Å²) < 4.78 is 0. The van der Waals surface area contributed by atoms with Crippen molar-refractivity contribution in [3.63, 3.8) is 0 Å². The van der Waals surface area contributed by atoms with Crippen LogP contribution in [0.15, 0.2) is 0 Å². The zero-order valence-electron chi connectivity index (χ0n) is 7.55. The number of rotatable bonds is 5. The van der Waals surface area contributed by atoms with Crippen molar-refractivity contribution in [2.75, 3.05) is 52.4 Å². The molecule has 4 heteroatoms. The van der Waals surface area contributed by atoms with Crippen LogP contribution in [0, 0.1) is 0 Å². The minimum absolute atomic E-state index is 0.238. The zero-order valence-corrected chi connectivity index (χ0v) is 7.55. The molecule has 0 radical (unpaired) electrons. The van der Waals surface area contributed by atoms with Crippen LogP contribution in [0.1, 0.15) is 0 Å². The summed E-state index contributed by atoms with van der Waals surface area (Å²) in [7, 11) is 0. The van der Waals surface area contributed by atoms with Gasteiger partial charge in [-0.25, -0.2) is 0 Å². The lowest BCUT2D eigenvalue weighted by Gasteiger charge is -2.27. The molecule has 0 aromatic rings. The Morgan fingerprint density at radius 1 is 1.25 bits per heavy atom. The molecule has 72 valence electrons. The molecule has 0 unspecified atom stereocenters. The minimum Gasteiger partial charge on any atom is -0.395 e. The van der Waals surface area contributed by atoms with E-state index in [-0.39, 0.29) is 6.61 Å². The van der Waals surface area contributed by atoms with Gasteiger partial charge in [-0.15, -0.1) is 0 Å². The fourth-order valence-corrected chi connectivity index (χ4v) is 1.38. The van der Waals surface area contributed by atoms with Gasteiger partial charge in [0.25, 0.3) is 0 Å². The van der Waals surface area contributed by atoms with Gasteiger partial charge in [-0.1, -0.05) is 0 Å². The Kier molecular flexibility index (Phi) is 5.27. The number of aliphatic hydroxyl groups is 1. The topological polar surface area (TPSA) is 47.5 Å². The van der Waals surface area contributed by atoms with Crippen molar-refractivity contribution in [2.24, 2.45) is 0 Å². The normalized spacial score (nSPS) is 19.8. The summed E-state index contributed by atoms with van der Waals surface area (Å²) in [6, 6.07) is 0. The molecule has 0 aliphatic carbocycles. The van der Waals surface area contributed by atoms with Crippen molar-refractivity contribution in [3.8, 4) is 0 Å². The highest BCUT2D eigenvalue weighted by molar-refractivity contribution is 4.67. The number of hydrogen-bond acceptors (Lipinski definition) is 4. The molecule has 1 aliphatic heterocycles. The SMILES string of the molecule is OCCNCCN1CCNCC1. The number of nitrogens with zero attached hydrogens (tertiary/aromatic N) is 1. The monoisotopic (exact) mass is 173 g/mol. The Balaban J connectivity index is 1.91. The van der Waals surface area contributed by atoms with E-state index >= 15 is 0 Å². The molecule has 0 spiro atoms. The number of hydrogen-bond donors (Lipinski definition) is 3. The van der Waals surface area contributed by atoms with Crippen LogP contribution < -0.4 is 10.6 Å². The van der Waals surface area contributed by atoms with E-state index in [1.165, 1.54) is 0 Å². The molecule has 0 atom stereocenters. The van der Waals surface area contributed by atoms with E-state index in [1.54, 1.807) is 0 Å². The van der Waals surface area contributed by atoms with E-state index in [2.05, 4.69) is 15.5 Å². The van der Waals surface area contributed by atoms with Crippen LogP contribution in [-0.2, 0) is 0 Å². The first kappa shape index (κ1) is 9.92. The van der Waals surface area contributed by atoms with Crippen molar-refractivity contribution < 1.29 is 5.11 Å². The van der Waals surface area contributed by atoms with Crippen molar-refractivity contribution >= 4 is 0 Å². The quantitative estimate of drug-likeness (QED) is 0.442. The van der Waals surface area contributed by atoms with E-state index in [9.17, 15) is 0 Å². The van der Waals surface area contributed by atoms with Crippen molar-refractivity contribution in [3.05, 3.63) is 0 Å². The molecule has 1 aliphatic rings. The van der Waals surface area contributed by atoms with E-state index < -0.39 is 0 Å². The maximum atomic E-state index is 8.52. The van der Waals surface area contributed by atoms with Crippen LogP contribution >= 0.6 is 0 Å². The summed E-state index contributed by atoms with van der Waals surface area (Å²) >= 11 is 0. The zero-order chi connectivity index (χ0) is 8.65. The molecule has 1 fully saturated rings. The van der Waals surface area contributed by atoms with Gasteiger partial charge >= 0.3 is 0 Å². The first-order chi connectivity index (χ1) is 5.93. The second-order valence-corrected chi connectivity index (χ2v) is 3.07. The van der Waals surface area contributed by atoms with E-state index in [4.69, 9.17) is 5.11 Å². The molecule has 0 aromatic heterocycles. The van der Waals surface area contributed by atoms with E-state index in [0.717, 1.165) is 39.3 Å². The third-order valence-corrected chi connectivity index (χ3v) is 2.10. The highest BCUT2D eigenvalue weighted by atomic mass is 16.3. The Hall–Kier alpha value is -0.160. The van der Waals surface area contributed by atoms with Gasteiger partial charge in [0.2, 0.25) is 0 Å². The van der Waals surface area contributed by atoms with Crippen LogP contribution in [0.5, 0.6) is 0 Å². The standard InChI is InChI=1S/C8H19N3O/c12-8-4-10-3-7-11-5-1-9-2-6-11/h9-10,12H,1-8H2. The molecule has 12 heavy (non-hydrogen) atoms. The highest BCUT2D eigenvalue weighted by Gasteiger charge is 2.07. The molecule has 0 aromatic carbocycles. The smallest absolute Gasteiger partial charge is 0.0555 e. The predicted octanol–water partition coefficient (Wildman–Crippen LogP) is -1.53. The van der Waals surface area contributed by atoms with Gasteiger partial charge in [-0.05, 0) is 0 Å². The number of piperazine rings is 1. The van der Waals surface area contributed by atoms with Crippen LogP contribution in [0.3, 0.4) is 0 Å². The van der Waals surface area contributed by atoms with Gasteiger partial charge in [-0.2, -0.15) is 0 Å². The molecule has 0 bridgehead atoms. The molecule has 1 rings (SSSR count). The molecule has 1 saturated heterocycles. The third-order valence-electron chi connectivity index (χ3n) is 2.10. The summed E-state index contributed by atoms with van der Waals surface area (Å²) in [6.07, 6.45) is 0. The van der Waals surface area contributed by atoms with E-state index in [1.807, 2.05) is 0 Å². The average Bonchev–Trinajstić information content (AvgIpc) is 2.14. The fraction of sp³-hybridized carbons (Fsp3) is 1.00. The summed E-state index contributed by atoms with van der Waals surface area (Å²) in [5.74, 6) is 0. The fourth-order valence-electron chi connectivity index (χ4n) is 1.38. The molecule has 0 saturated carbocycles. The Morgan fingerprint density at radius 3 is 2.67 bits per heavy atom. The predicted molar refractivity (Wildman–Crippen MR) is 49.3 cm³/mol. The van der Waals surface area contributed by atoms with Gasteiger partial charge in [0.15, 0.2) is 0 Å². The maximum absolute atomic E-state index is 8.52. The van der Waals surface area contributed by atoms with Crippen LogP contribution in [-0.4, -0.2) is 62.4 Å². The van der Waals surface area contributed by atoms with Crippen molar-refractivity contribution in [1.29, 1.82) is 0 Å². The van der Waals surface area contributed by atoms with Crippen LogP contribution in [0.25, 0.3) is 0 Å². The van der Waals surface area contributed by atoms with Crippen molar-refractivity contribution in [2.45, 2.75) is 0 Å². The summed E-state index contributed by atoms with van der Waals surface area (Å²) in [5.41, 5.74) is 0. The third kappa shape index (κ3) is 4.01. The number of nitrogens with one attached hydrogen (secondary N) is 2. The second kappa shape index (κ2) is 6.37. The average molecular weight is 173 g/mol. The molecular formula is C8H19N3O. The van der Waals surface area contributed by atoms with Gasteiger partial charge in [-0.3, -0.25) is 4.90 Å². The van der Waals surface area contributed by atoms with Gasteiger partial charge < -0.3 is 15.7 Å². The molecule has 0 amide bonds. The summed E-state index contributed by atoms with van der Waals surface area (Å²) in [6.45, 7) is 7.57. The Bertz CT molecular complexity index is 104. The van der Waals surface area contributed by atoms with Gasteiger partial charge in [0.1, 0.15) is 0 Å². The van der Waals surface area contributed by atoms with Crippen LogP contribution in [0.4, 0.5) is 0 Å². The summed E-state index contributed by atoms with van der Waals surface area (Å²) in [4.78, 5) is 2.43. The highest BCUT2D eigenvalue weighted by Crippen LogP contribution is 1.89. The lowest BCUT2D eigenvalue weighted by Crippen LogP contribution is -2.45.